The maximum atomic E-state index is 10.6. The van der Waals surface area contributed by atoms with Crippen molar-refractivity contribution in [3.63, 3.8) is 0 Å². The first-order valence-corrected chi connectivity index (χ1v) is 4.80. The number of benzene rings is 1. The molecule has 4 radical (unpaired) electrons. The van der Waals surface area contributed by atoms with Gasteiger partial charge in [-0.05, 0) is 18.2 Å². The van der Waals surface area contributed by atoms with Crippen LogP contribution in [-0.2, 0) is 10.1 Å². The van der Waals surface area contributed by atoms with Crippen LogP contribution in [0.4, 0.5) is 0 Å². The monoisotopic (exact) mass is 230 g/mol. The molecule has 0 amide bonds. The summed E-state index contributed by atoms with van der Waals surface area (Å²) in [6.45, 7) is 0. The van der Waals surface area contributed by atoms with Crippen LogP contribution in [-0.4, -0.2) is 29.2 Å². The first kappa shape index (κ1) is 13.4. The summed E-state index contributed by atoms with van der Waals surface area (Å²) in [5, 5.41) is 17.5. The van der Waals surface area contributed by atoms with Crippen molar-refractivity contribution in [1.29, 1.82) is 0 Å². The van der Waals surface area contributed by atoms with Crippen LogP contribution in [0.15, 0.2) is 23.1 Å². The van der Waals surface area contributed by atoms with Gasteiger partial charge in [-0.2, -0.15) is 8.42 Å². The Morgan fingerprint density at radius 3 is 2.20 bits per heavy atom. The molecule has 3 N–H and O–H groups in total. The van der Waals surface area contributed by atoms with Crippen LogP contribution < -0.4 is 0 Å². The number of hydrogen-bond donors (Lipinski definition) is 3. The third-order valence-electron chi connectivity index (χ3n) is 1.50. The average Bonchev–Trinajstić information content (AvgIpc) is 2.02. The van der Waals surface area contributed by atoms with Crippen LogP contribution in [0.2, 0.25) is 0 Å². The van der Waals surface area contributed by atoms with Crippen molar-refractivity contribution in [2.24, 2.45) is 0 Å². The second kappa shape index (κ2) is 4.28. The Labute approximate surface area is 86.5 Å². The SMILES string of the molecule is O=C(O)c1cc(S(=O)(=O)O)ccc1O.[C]. The van der Waals surface area contributed by atoms with Crippen LogP contribution in [0.3, 0.4) is 0 Å². The molecule has 0 saturated carbocycles. The molecule has 0 aromatic heterocycles. The molecule has 0 fully saturated rings. The van der Waals surface area contributed by atoms with Gasteiger partial charge in [-0.1, -0.05) is 0 Å². The average molecular weight is 230 g/mol. The highest BCUT2D eigenvalue weighted by Crippen LogP contribution is 2.20. The molecule has 0 aliphatic heterocycles. The van der Waals surface area contributed by atoms with Gasteiger partial charge < -0.3 is 10.2 Å². The number of aromatic carboxylic acids is 1. The van der Waals surface area contributed by atoms with Crippen molar-refractivity contribution in [2.75, 3.05) is 0 Å². The Morgan fingerprint density at radius 2 is 1.80 bits per heavy atom. The largest absolute Gasteiger partial charge is 0.507 e. The van der Waals surface area contributed by atoms with Gasteiger partial charge in [-0.3, -0.25) is 4.55 Å². The Morgan fingerprint density at radius 1 is 1.27 bits per heavy atom. The molecule has 0 aliphatic carbocycles. The number of phenols is 1. The fourth-order valence-corrected chi connectivity index (χ4v) is 1.35. The van der Waals surface area contributed by atoms with E-state index in [4.69, 9.17) is 14.8 Å². The lowest BCUT2D eigenvalue weighted by Gasteiger charge is -2.01. The van der Waals surface area contributed by atoms with Crippen LogP contribution in [0.25, 0.3) is 0 Å². The van der Waals surface area contributed by atoms with E-state index in [-0.39, 0.29) is 7.43 Å². The molecule has 0 heterocycles. The van der Waals surface area contributed by atoms with Gasteiger partial charge >= 0.3 is 5.97 Å². The van der Waals surface area contributed by atoms with E-state index < -0.39 is 32.3 Å². The number of hydrogen-bond acceptors (Lipinski definition) is 4. The van der Waals surface area contributed by atoms with E-state index in [1.807, 2.05) is 0 Å². The highest BCUT2D eigenvalue weighted by atomic mass is 32.2. The third kappa shape index (κ3) is 2.93. The predicted molar refractivity (Wildman–Crippen MR) is 48.1 cm³/mol. The molecular formula is C8H6O6S. The van der Waals surface area contributed by atoms with E-state index in [0.29, 0.717) is 6.07 Å². The zero-order valence-electron chi connectivity index (χ0n) is 7.21. The van der Waals surface area contributed by atoms with Crippen LogP contribution >= 0.6 is 0 Å². The van der Waals surface area contributed by atoms with Crippen molar-refractivity contribution in [3.8, 4) is 5.75 Å². The summed E-state index contributed by atoms with van der Waals surface area (Å²) in [5.74, 6) is -2.04. The summed E-state index contributed by atoms with van der Waals surface area (Å²) in [6.07, 6.45) is 0. The summed E-state index contributed by atoms with van der Waals surface area (Å²) in [4.78, 5) is 9.89. The van der Waals surface area contributed by atoms with Gasteiger partial charge in [0.2, 0.25) is 0 Å². The zero-order valence-corrected chi connectivity index (χ0v) is 8.02. The van der Waals surface area contributed by atoms with Gasteiger partial charge in [-0.15, -0.1) is 0 Å². The van der Waals surface area contributed by atoms with Gasteiger partial charge in [0, 0.05) is 7.43 Å². The van der Waals surface area contributed by atoms with Crippen molar-refractivity contribution >= 4 is 16.1 Å². The van der Waals surface area contributed by atoms with Gasteiger partial charge in [0.1, 0.15) is 11.3 Å². The minimum Gasteiger partial charge on any atom is -0.507 e. The Balaban J connectivity index is 0.00000196. The Bertz CT molecular complexity index is 476. The molecule has 7 heteroatoms. The molecule has 0 saturated heterocycles. The predicted octanol–water partition coefficient (Wildman–Crippen LogP) is 0.418. The summed E-state index contributed by atoms with van der Waals surface area (Å²) < 4.78 is 29.8. The molecule has 1 rings (SSSR count). The molecular weight excluding hydrogens is 224 g/mol. The van der Waals surface area contributed by atoms with Crippen molar-refractivity contribution in [1.82, 2.24) is 0 Å². The first-order chi connectivity index (χ1) is 6.32. The van der Waals surface area contributed by atoms with E-state index >= 15 is 0 Å². The highest BCUT2D eigenvalue weighted by Gasteiger charge is 2.15. The topological polar surface area (TPSA) is 112 Å². The molecule has 0 spiro atoms. The van der Waals surface area contributed by atoms with Crippen molar-refractivity contribution < 1.29 is 28.0 Å². The van der Waals surface area contributed by atoms with E-state index in [1.54, 1.807) is 0 Å². The van der Waals surface area contributed by atoms with Crippen molar-refractivity contribution in [3.05, 3.63) is 31.2 Å². The molecule has 0 aliphatic rings. The smallest absolute Gasteiger partial charge is 0.339 e. The van der Waals surface area contributed by atoms with Crippen LogP contribution in [0.1, 0.15) is 10.4 Å². The molecule has 0 atom stereocenters. The maximum absolute atomic E-state index is 10.6. The minimum atomic E-state index is -4.45. The van der Waals surface area contributed by atoms with E-state index in [0.717, 1.165) is 12.1 Å². The third-order valence-corrected chi connectivity index (χ3v) is 2.35. The maximum Gasteiger partial charge on any atom is 0.339 e. The standard InChI is InChI=1S/C7H6O6S.C/c8-6-2-1-4(14(11,12)13)3-5(6)7(9)10;/h1-3,8H,(H,9,10)(H,11,12,13);. The fraction of sp³-hybridized carbons (Fsp3) is 0. The number of aromatic hydroxyl groups is 1. The lowest BCUT2D eigenvalue weighted by molar-refractivity contribution is 0.0693. The van der Waals surface area contributed by atoms with E-state index in [2.05, 4.69) is 0 Å². The summed E-state index contributed by atoms with van der Waals surface area (Å²) >= 11 is 0. The van der Waals surface area contributed by atoms with Gasteiger partial charge in [0.05, 0.1) is 4.90 Å². The number of rotatable bonds is 2. The molecule has 6 nitrogen and oxygen atoms in total. The minimum absolute atomic E-state index is 0. The van der Waals surface area contributed by atoms with Crippen molar-refractivity contribution in [2.45, 2.75) is 4.90 Å². The van der Waals surface area contributed by atoms with Crippen LogP contribution in [0.5, 0.6) is 5.75 Å². The molecule has 0 unspecified atom stereocenters. The molecule has 1 aromatic carbocycles. The Kier molecular flexibility index (Phi) is 3.83. The molecule has 15 heavy (non-hydrogen) atoms. The van der Waals surface area contributed by atoms with Crippen LogP contribution in [0, 0.1) is 7.43 Å². The lowest BCUT2D eigenvalue weighted by Crippen LogP contribution is -2.02. The van der Waals surface area contributed by atoms with Gasteiger partial charge in [-0.25, -0.2) is 4.79 Å². The number of carboxylic acids is 1. The number of carboxylic acid groups (broad SMARTS) is 1. The van der Waals surface area contributed by atoms with Gasteiger partial charge in [0.25, 0.3) is 10.1 Å². The second-order valence-electron chi connectivity index (χ2n) is 2.46. The normalized spacial score (nSPS) is 10.5. The first-order valence-electron chi connectivity index (χ1n) is 3.36. The van der Waals surface area contributed by atoms with E-state index in [1.165, 1.54) is 0 Å². The second-order valence-corrected chi connectivity index (χ2v) is 3.88. The summed E-state index contributed by atoms with van der Waals surface area (Å²) in [5.41, 5.74) is -0.583. The summed E-state index contributed by atoms with van der Waals surface area (Å²) in [7, 11) is -4.45. The fourth-order valence-electron chi connectivity index (χ4n) is 0.847. The molecule has 80 valence electrons. The zero-order chi connectivity index (χ0) is 10.9. The lowest BCUT2D eigenvalue weighted by atomic mass is 10.2. The van der Waals surface area contributed by atoms with E-state index in [9.17, 15) is 13.2 Å². The van der Waals surface area contributed by atoms with Gasteiger partial charge in [0.15, 0.2) is 0 Å². The Hall–Kier alpha value is -1.60. The highest BCUT2D eigenvalue weighted by molar-refractivity contribution is 7.85. The number of carbonyl (C=O) groups is 1. The quantitative estimate of drug-likeness (QED) is 0.634. The summed E-state index contributed by atoms with van der Waals surface area (Å²) in [6, 6.07) is 2.46. The molecule has 0 bridgehead atoms. The molecule has 1 aromatic rings.